The van der Waals surface area contributed by atoms with Crippen molar-refractivity contribution in [2.24, 2.45) is 23.6 Å². The predicted molar refractivity (Wildman–Crippen MR) is 78.7 cm³/mol. The van der Waals surface area contributed by atoms with Crippen LogP contribution in [-0.4, -0.2) is 7.11 Å². The summed E-state index contributed by atoms with van der Waals surface area (Å²) in [5.74, 6) is 7.61. The number of ether oxygens (including phenoxy) is 1. The van der Waals surface area contributed by atoms with Gasteiger partial charge in [0.2, 0.25) is 0 Å². The normalized spacial score (nSPS) is 28.1. The van der Waals surface area contributed by atoms with E-state index in [2.05, 4.69) is 19.3 Å². The average Bonchev–Trinajstić information content (AvgIpc) is 2.40. The van der Waals surface area contributed by atoms with E-state index < -0.39 is 0 Å². The molecular formula is C16H25FN2O. The van der Waals surface area contributed by atoms with E-state index in [4.69, 9.17) is 10.6 Å². The number of benzene rings is 1. The number of methoxy groups -OCH3 is 1. The second-order valence-corrected chi connectivity index (χ2v) is 6.22. The first-order valence-electron chi connectivity index (χ1n) is 7.34. The molecule has 1 saturated carbocycles. The third-order valence-electron chi connectivity index (χ3n) is 4.40. The maximum Gasteiger partial charge on any atom is 0.165 e. The van der Waals surface area contributed by atoms with E-state index in [0.717, 1.165) is 18.4 Å². The van der Waals surface area contributed by atoms with Crippen LogP contribution in [0.5, 0.6) is 5.75 Å². The van der Waals surface area contributed by atoms with Gasteiger partial charge in [0.15, 0.2) is 11.6 Å². The Morgan fingerprint density at radius 2 is 1.90 bits per heavy atom. The Morgan fingerprint density at radius 1 is 1.25 bits per heavy atom. The molecule has 0 saturated heterocycles. The largest absolute Gasteiger partial charge is 0.494 e. The Hall–Kier alpha value is -1.13. The van der Waals surface area contributed by atoms with Crippen molar-refractivity contribution in [3.05, 3.63) is 29.6 Å². The average molecular weight is 280 g/mol. The van der Waals surface area contributed by atoms with E-state index in [9.17, 15) is 4.39 Å². The number of nitrogens with one attached hydrogen (secondary N) is 1. The van der Waals surface area contributed by atoms with Crippen LogP contribution in [0.1, 0.15) is 44.7 Å². The van der Waals surface area contributed by atoms with Gasteiger partial charge in [-0.3, -0.25) is 11.3 Å². The van der Waals surface area contributed by atoms with Gasteiger partial charge in [0, 0.05) is 6.04 Å². The van der Waals surface area contributed by atoms with Gasteiger partial charge in [-0.1, -0.05) is 19.9 Å². The molecule has 20 heavy (non-hydrogen) atoms. The van der Waals surface area contributed by atoms with Crippen LogP contribution >= 0.6 is 0 Å². The standard InChI is InChI=1S/C16H25FN2O/c1-10-6-11(2)8-13(7-10)16(19-18)12-4-5-14(17)15(9-12)20-3/h4-5,9-11,13,16,19H,6-8,18H2,1-3H3. The fourth-order valence-corrected chi connectivity index (χ4v) is 3.66. The molecule has 0 aliphatic heterocycles. The SMILES string of the molecule is COc1cc(C(NN)C2CC(C)CC(C)C2)ccc1F. The molecule has 0 amide bonds. The lowest BCUT2D eigenvalue weighted by atomic mass is 9.72. The van der Waals surface area contributed by atoms with E-state index >= 15 is 0 Å². The minimum Gasteiger partial charge on any atom is -0.494 e. The minimum atomic E-state index is -0.336. The van der Waals surface area contributed by atoms with Gasteiger partial charge in [-0.15, -0.1) is 0 Å². The highest BCUT2D eigenvalue weighted by atomic mass is 19.1. The summed E-state index contributed by atoms with van der Waals surface area (Å²) in [5.41, 5.74) is 3.92. The number of rotatable bonds is 4. The van der Waals surface area contributed by atoms with Crippen molar-refractivity contribution in [1.29, 1.82) is 0 Å². The van der Waals surface area contributed by atoms with Crippen LogP contribution < -0.4 is 16.0 Å². The molecule has 1 aromatic carbocycles. The van der Waals surface area contributed by atoms with Crippen LogP contribution in [0.25, 0.3) is 0 Å². The molecular weight excluding hydrogens is 255 g/mol. The first-order chi connectivity index (χ1) is 9.55. The Balaban J connectivity index is 2.23. The molecule has 1 aliphatic rings. The Bertz CT molecular complexity index is 442. The summed E-state index contributed by atoms with van der Waals surface area (Å²) in [6, 6.07) is 5.05. The van der Waals surface area contributed by atoms with Crippen molar-refractivity contribution < 1.29 is 9.13 Å². The number of halogens is 1. The van der Waals surface area contributed by atoms with Crippen molar-refractivity contribution in [2.75, 3.05) is 7.11 Å². The summed E-state index contributed by atoms with van der Waals surface area (Å²) < 4.78 is 18.6. The predicted octanol–water partition coefficient (Wildman–Crippen LogP) is 3.41. The quantitative estimate of drug-likeness (QED) is 0.656. The lowest BCUT2D eigenvalue weighted by Crippen LogP contribution is -2.37. The Kier molecular flexibility index (Phi) is 5.00. The minimum absolute atomic E-state index is 0.0506. The molecule has 0 aromatic heterocycles. The van der Waals surface area contributed by atoms with Gasteiger partial charge in [0.25, 0.3) is 0 Å². The number of nitrogens with two attached hydrogens (primary N) is 1. The topological polar surface area (TPSA) is 47.3 Å². The van der Waals surface area contributed by atoms with E-state index in [0.29, 0.717) is 17.8 Å². The highest BCUT2D eigenvalue weighted by Crippen LogP contribution is 2.40. The van der Waals surface area contributed by atoms with Crippen molar-refractivity contribution in [1.82, 2.24) is 5.43 Å². The zero-order valence-corrected chi connectivity index (χ0v) is 12.5. The number of hydrazine groups is 1. The molecule has 3 atom stereocenters. The third-order valence-corrected chi connectivity index (χ3v) is 4.40. The summed E-state index contributed by atoms with van der Waals surface area (Å²) in [6.45, 7) is 4.59. The van der Waals surface area contributed by atoms with Gasteiger partial charge in [0.1, 0.15) is 0 Å². The van der Waals surface area contributed by atoms with Crippen molar-refractivity contribution in [3.63, 3.8) is 0 Å². The molecule has 4 heteroatoms. The van der Waals surface area contributed by atoms with Crippen LogP contribution in [0.3, 0.4) is 0 Å². The van der Waals surface area contributed by atoms with Crippen LogP contribution in [-0.2, 0) is 0 Å². The summed E-state index contributed by atoms with van der Waals surface area (Å²) >= 11 is 0. The first kappa shape index (κ1) is 15.3. The molecule has 2 rings (SSSR count). The maximum atomic E-state index is 13.5. The maximum absolute atomic E-state index is 13.5. The van der Waals surface area contributed by atoms with Gasteiger partial charge in [-0.25, -0.2) is 4.39 Å². The van der Waals surface area contributed by atoms with Crippen molar-refractivity contribution in [3.8, 4) is 5.75 Å². The van der Waals surface area contributed by atoms with Gasteiger partial charge < -0.3 is 4.74 Å². The second-order valence-electron chi connectivity index (χ2n) is 6.22. The molecule has 0 spiro atoms. The molecule has 0 heterocycles. The van der Waals surface area contributed by atoms with Gasteiger partial charge in [-0.05, 0) is 54.7 Å². The van der Waals surface area contributed by atoms with E-state index in [1.54, 1.807) is 12.1 Å². The Labute approximate surface area is 120 Å². The van der Waals surface area contributed by atoms with Gasteiger partial charge in [0.05, 0.1) is 7.11 Å². The van der Waals surface area contributed by atoms with E-state index in [-0.39, 0.29) is 17.6 Å². The molecule has 3 N–H and O–H groups in total. The summed E-state index contributed by atoms with van der Waals surface area (Å²) in [5, 5.41) is 0. The Morgan fingerprint density at radius 3 is 2.45 bits per heavy atom. The smallest absolute Gasteiger partial charge is 0.165 e. The van der Waals surface area contributed by atoms with Crippen LogP contribution in [0.4, 0.5) is 4.39 Å². The second kappa shape index (κ2) is 6.55. The first-order valence-corrected chi connectivity index (χ1v) is 7.34. The molecule has 112 valence electrons. The van der Waals surface area contributed by atoms with Crippen LogP contribution in [0.15, 0.2) is 18.2 Å². The highest BCUT2D eigenvalue weighted by Gasteiger charge is 2.30. The number of hydrogen-bond donors (Lipinski definition) is 2. The zero-order valence-electron chi connectivity index (χ0n) is 12.5. The summed E-state index contributed by atoms with van der Waals surface area (Å²) in [6.07, 6.45) is 3.58. The molecule has 3 unspecified atom stereocenters. The fourth-order valence-electron chi connectivity index (χ4n) is 3.66. The van der Waals surface area contributed by atoms with Gasteiger partial charge >= 0.3 is 0 Å². The lowest BCUT2D eigenvalue weighted by Gasteiger charge is -2.36. The van der Waals surface area contributed by atoms with Crippen molar-refractivity contribution >= 4 is 0 Å². The molecule has 3 nitrogen and oxygen atoms in total. The zero-order chi connectivity index (χ0) is 14.7. The van der Waals surface area contributed by atoms with Crippen molar-refractivity contribution in [2.45, 2.75) is 39.2 Å². The van der Waals surface area contributed by atoms with E-state index in [1.165, 1.54) is 19.6 Å². The van der Waals surface area contributed by atoms with Crippen LogP contribution in [0.2, 0.25) is 0 Å². The lowest BCUT2D eigenvalue weighted by molar-refractivity contribution is 0.176. The van der Waals surface area contributed by atoms with Crippen LogP contribution in [0, 0.1) is 23.6 Å². The molecule has 1 aromatic rings. The summed E-state index contributed by atoms with van der Waals surface area (Å²) in [4.78, 5) is 0. The fraction of sp³-hybridized carbons (Fsp3) is 0.625. The molecule has 0 radical (unpaired) electrons. The summed E-state index contributed by atoms with van der Waals surface area (Å²) in [7, 11) is 1.48. The van der Waals surface area contributed by atoms with Gasteiger partial charge in [-0.2, -0.15) is 0 Å². The molecule has 1 aliphatic carbocycles. The molecule has 0 bridgehead atoms. The highest BCUT2D eigenvalue weighted by molar-refractivity contribution is 5.32. The van der Waals surface area contributed by atoms with E-state index in [1.807, 2.05) is 0 Å². The monoisotopic (exact) mass is 280 g/mol. The third kappa shape index (κ3) is 3.30. The number of hydrogen-bond acceptors (Lipinski definition) is 3. The molecule has 1 fully saturated rings.